The third kappa shape index (κ3) is 4.69. The molecule has 0 aliphatic heterocycles. The SMILES string of the molecule is CCc1ccc(NC(=O)c2cc(C(=O)NC3CCCCC3)ccn2)cc1. The first kappa shape index (κ1) is 18.1. The van der Waals surface area contributed by atoms with Crippen molar-refractivity contribution in [3.8, 4) is 0 Å². The molecule has 1 aromatic carbocycles. The van der Waals surface area contributed by atoms with Crippen LogP contribution in [0.3, 0.4) is 0 Å². The fraction of sp³-hybridized carbons (Fsp3) is 0.381. The Labute approximate surface area is 154 Å². The van der Waals surface area contributed by atoms with Gasteiger partial charge < -0.3 is 10.6 Å². The summed E-state index contributed by atoms with van der Waals surface area (Å²) >= 11 is 0. The van der Waals surface area contributed by atoms with Crippen molar-refractivity contribution in [1.29, 1.82) is 0 Å². The van der Waals surface area contributed by atoms with Gasteiger partial charge in [-0.15, -0.1) is 0 Å². The van der Waals surface area contributed by atoms with Gasteiger partial charge in [0, 0.05) is 23.5 Å². The van der Waals surface area contributed by atoms with Crippen LogP contribution in [0.5, 0.6) is 0 Å². The third-order valence-corrected chi connectivity index (χ3v) is 4.82. The molecule has 1 fully saturated rings. The molecule has 5 nitrogen and oxygen atoms in total. The molecule has 0 spiro atoms. The molecule has 1 aromatic heterocycles. The lowest BCUT2D eigenvalue weighted by atomic mass is 9.95. The van der Waals surface area contributed by atoms with Crippen LogP contribution >= 0.6 is 0 Å². The number of benzene rings is 1. The number of nitrogens with one attached hydrogen (secondary N) is 2. The first-order chi connectivity index (χ1) is 12.7. The summed E-state index contributed by atoms with van der Waals surface area (Å²) < 4.78 is 0. The van der Waals surface area contributed by atoms with Crippen molar-refractivity contribution in [3.63, 3.8) is 0 Å². The monoisotopic (exact) mass is 351 g/mol. The summed E-state index contributed by atoms with van der Waals surface area (Å²) in [5.74, 6) is -0.456. The van der Waals surface area contributed by atoms with Crippen LogP contribution in [0.25, 0.3) is 0 Å². The topological polar surface area (TPSA) is 71.1 Å². The summed E-state index contributed by atoms with van der Waals surface area (Å²) in [6.45, 7) is 2.08. The zero-order valence-electron chi connectivity index (χ0n) is 15.1. The van der Waals surface area contributed by atoms with E-state index < -0.39 is 0 Å². The summed E-state index contributed by atoms with van der Waals surface area (Å²) in [5.41, 5.74) is 2.63. The van der Waals surface area contributed by atoms with Crippen molar-refractivity contribution in [2.24, 2.45) is 0 Å². The Morgan fingerprint density at radius 2 is 1.77 bits per heavy atom. The van der Waals surface area contributed by atoms with E-state index >= 15 is 0 Å². The Morgan fingerprint density at radius 3 is 2.46 bits per heavy atom. The summed E-state index contributed by atoms with van der Waals surface area (Å²) in [5, 5.41) is 5.89. The highest BCUT2D eigenvalue weighted by atomic mass is 16.2. The Bertz CT molecular complexity index is 765. The van der Waals surface area contributed by atoms with E-state index in [1.165, 1.54) is 18.2 Å². The van der Waals surface area contributed by atoms with Crippen LogP contribution in [0.4, 0.5) is 5.69 Å². The van der Waals surface area contributed by atoms with Gasteiger partial charge in [0.2, 0.25) is 0 Å². The molecule has 1 saturated carbocycles. The minimum atomic E-state index is -0.318. The van der Waals surface area contributed by atoms with Gasteiger partial charge in [0.05, 0.1) is 0 Å². The van der Waals surface area contributed by atoms with Gasteiger partial charge in [-0.05, 0) is 49.1 Å². The van der Waals surface area contributed by atoms with Crippen LogP contribution in [0.2, 0.25) is 0 Å². The molecule has 0 saturated heterocycles. The molecule has 2 N–H and O–H groups in total. The van der Waals surface area contributed by atoms with Crippen LogP contribution in [-0.4, -0.2) is 22.8 Å². The van der Waals surface area contributed by atoms with E-state index in [2.05, 4.69) is 22.5 Å². The van der Waals surface area contributed by atoms with Gasteiger partial charge >= 0.3 is 0 Å². The van der Waals surface area contributed by atoms with Crippen molar-refractivity contribution >= 4 is 17.5 Å². The number of aromatic nitrogens is 1. The maximum atomic E-state index is 12.4. The molecular formula is C21H25N3O2. The van der Waals surface area contributed by atoms with Gasteiger partial charge in [0.1, 0.15) is 5.69 Å². The number of aryl methyl sites for hydroxylation is 1. The average Bonchev–Trinajstić information content (AvgIpc) is 2.69. The van der Waals surface area contributed by atoms with Crippen LogP contribution in [0.1, 0.15) is 65.4 Å². The number of amides is 2. The molecule has 26 heavy (non-hydrogen) atoms. The molecule has 0 atom stereocenters. The number of carbonyl (C=O) groups is 2. The molecule has 0 bridgehead atoms. The average molecular weight is 351 g/mol. The van der Waals surface area contributed by atoms with Crippen molar-refractivity contribution in [3.05, 3.63) is 59.4 Å². The Kier molecular flexibility index (Phi) is 6.00. The minimum Gasteiger partial charge on any atom is -0.349 e. The first-order valence-corrected chi connectivity index (χ1v) is 9.33. The van der Waals surface area contributed by atoms with Gasteiger partial charge in [0.15, 0.2) is 0 Å². The van der Waals surface area contributed by atoms with Gasteiger partial charge in [-0.2, -0.15) is 0 Å². The highest BCUT2D eigenvalue weighted by Crippen LogP contribution is 2.18. The van der Waals surface area contributed by atoms with E-state index in [1.54, 1.807) is 12.1 Å². The van der Waals surface area contributed by atoms with E-state index in [0.717, 1.165) is 32.1 Å². The number of anilines is 1. The van der Waals surface area contributed by atoms with Gasteiger partial charge in [-0.1, -0.05) is 38.3 Å². The Balaban J connectivity index is 1.65. The third-order valence-electron chi connectivity index (χ3n) is 4.82. The molecular weight excluding hydrogens is 326 g/mol. The fourth-order valence-electron chi connectivity index (χ4n) is 3.23. The summed E-state index contributed by atoms with van der Waals surface area (Å²) in [6, 6.07) is 11.1. The maximum Gasteiger partial charge on any atom is 0.274 e. The summed E-state index contributed by atoms with van der Waals surface area (Å²) in [6.07, 6.45) is 8.07. The summed E-state index contributed by atoms with van der Waals surface area (Å²) in [7, 11) is 0. The molecule has 2 aromatic rings. The van der Waals surface area contributed by atoms with Crippen LogP contribution in [0, 0.1) is 0 Å². The van der Waals surface area contributed by atoms with Gasteiger partial charge in [-0.3, -0.25) is 14.6 Å². The van der Waals surface area contributed by atoms with E-state index in [0.29, 0.717) is 11.3 Å². The highest BCUT2D eigenvalue weighted by Gasteiger charge is 2.18. The second-order valence-electron chi connectivity index (χ2n) is 6.74. The van der Waals surface area contributed by atoms with Gasteiger partial charge in [-0.25, -0.2) is 0 Å². The minimum absolute atomic E-state index is 0.138. The lowest BCUT2D eigenvalue weighted by Gasteiger charge is -2.22. The highest BCUT2D eigenvalue weighted by molar-refractivity contribution is 6.04. The predicted octanol–water partition coefficient (Wildman–Crippen LogP) is 3.96. The van der Waals surface area contributed by atoms with Crippen molar-refractivity contribution in [2.75, 3.05) is 5.32 Å². The normalized spacial score (nSPS) is 14.7. The molecule has 2 amide bonds. The van der Waals surface area contributed by atoms with Crippen LogP contribution in [0.15, 0.2) is 42.6 Å². The number of hydrogen-bond acceptors (Lipinski definition) is 3. The molecule has 3 rings (SSSR count). The number of rotatable bonds is 5. The van der Waals surface area contributed by atoms with Gasteiger partial charge in [0.25, 0.3) is 11.8 Å². The zero-order chi connectivity index (χ0) is 18.4. The molecule has 1 aliphatic rings. The smallest absolute Gasteiger partial charge is 0.274 e. The lowest BCUT2D eigenvalue weighted by Crippen LogP contribution is -2.36. The quantitative estimate of drug-likeness (QED) is 0.856. The standard InChI is InChI=1S/C21H25N3O2/c1-2-15-8-10-18(11-9-15)24-21(26)19-14-16(12-13-22-19)20(25)23-17-6-4-3-5-7-17/h8-14,17H,2-7H2,1H3,(H,23,25)(H,24,26). The summed E-state index contributed by atoms with van der Waals surface area (Å²) in [4.78, 5) is 29.0. The maximum absolute atomic E-state index is 12.4. The molecule has 136 valence electrons. The van der Waals surface area contributed by atoms with Crippen molar-refractivity contribution < 1.29 is 9.59 Å². The molecule has 0 radical (unpaired) electrons. The fourth-order valence-corrected chi connectivity index (χ4v) is 3.23. The number of carbonyl (C=O) groups excluding carboxylic acids is 2. The Morgan fingerprint density at radius 1 is 1.04 bits per heavy atom. The molecule has 1 heterocycles. The van der Waals surface area contributed by atoms with Crippen LogP contribution in [-0.2, 0) is 6.42 Å². The van der Waals surface area contributed by atoms with E-state index in [9.17, 15) is 9.59 Å². The largest absolute Gasteiger partial charge is 0.349 e. The van der Waals surface area contributed by atoms with Crippen molar-refractivity contribution in [2.45, 2.75) is 51.5 Å². The second kappa shape index (κ2) is 8.61. The second-order valence-corrected chi connectivity index (χ2v) is 6.74. The zero-order valence-corrected chi connectivity index (χ0v) is 15.1. The first-order valence-electron chi connectivity index (χ1n) is 9.33. The van der Waals surface area contributed by atoms with E-state index in [1.807, 2.05) is 24.3 Å². The Hall–Kier alpha value is -2.69. The number of hydrogen-bond donors (Lipinski definition) is 2. The predicted molar refractivity (Wildman–Crippen MR) is 102 cm³/mol. The van der Waals surface area contributed by atoms with Crippen molar-refractivity contribution in [1.82, 2.24) is 10.3 Å². The van der Waals surface area contributed by atoms with Crippen LogP contribution < -0.4 is 10.6 Å². The molecule has 0 unspecified atom stereocenters. The number of nitrogens with zero attached hydrogens (tertiary/aromatic N) is 1. The van der Waals surface area contributed by atoms with E-state index in [4.69, 9.17) is 0 Å². The lowest BCUT2D eigenvalue weighted by molar-refractivity contribution is 0.0927. The molecule has 5 heteroatoms. The van der Waals surface area contributed by atoms with E-state index in [-0.39, 0.29) is 23.6 Å². The number of pyridine rings is 1. The molecule has 1 aliphatic carbocycles.